The number of hydrogen-bond acceptors (Lipinski definition) is 4. The highest BCUT2D eigenvalue weighted by Gasteiger charge is 2.18. The van der Waals surface area contributed by atoms with E-state index in [1.165, 1.54) is 0 Å². The van der Waals surface area contributed by atoms with Gasteiger partial charge in [0.15, 0.2) is 0 Å². The number of rotatable bonds is 7. The molecule has 0 aromatic heterocycles. The second kappa shape index (κ2) is 7.57. The highest BCUT2D eigenvalue weighted by Crippen LogP contribution is 2.16. The molecule has 0 aliphatic carbocycles. The molecule has 1 rings (SSSR count). The summed E-state index contributed by atoms with van der Waals surface area (Å²) in [5.74, 6) is 0.696. The number of nitrogens with one attached hydrogen (secondary N) is 2. The van der Waals surface area contributed by atoms with Gasteiger partial charge in [-0.05, 0) is 45.2 Å². The Hall–Kier alpha value is 0.0200. The third-order valence-electron chi connectivity index (χ3n) is 3.41. The number of piperidine rings is 1. The molecule has 0 radical (unpaired) electrons. The lowest BCUT2D eigenvalue weighted by molar-refractivity contribution is 0.365. The van der Waals surface area contributed by atoms with Gasteiger partial charge in [0.1, 0.15) is 0 Å². The Morgan fingerprint density at radius 2 is 2.00 bits per heavy atom. The van der Waals surface area contributed by atoms with Gasteiger partial charge in [-0.1, -0.05) is 0 Å². The van der Waals surface area contributed by atoms with Gasteiger partial charge in [0, 0.05) is 28.9 Å². The molecule has 108 valence electrons. The third-order valence-corrected chi connectivity index (χ3v) is 6.09. The second-order valence-corrected chi connectivity index (χ2v) is 8.69. The Morgan fingerprint density at radius 1 is 1.39 bits per heavy atom. The van der Waals surface area contributed by atoms with Crippen molar-refractivity contribution in [1.82, 2.24) is 10.0 Å². The molecule has 2 unspecified atom stereocenters. The van der Waals surface area contributed by atoms with Gasteiger partial charge < -0.3 is 5.32 Å². The zero-order chi connectivity index (χ0) is 13.6. The lowest BCUT2D eigenvalue weighted by Gasteiger charge is -2.22. The molecule has 0 spiro atoms. The molecule has 7 heteroatoms. The van der Waals surface area contributed by atoms with E-state index in [0.29, 0.717) is 5.92 Å². The summed E-state index contributed by atoms with van der Waals surface area (Å²) in [5, 5.41) is 3.13. The van der Waals surface area contributed by atoms with E-state index >= 15 is 0 Å². The van der Waals surface area contributed by atoms with Gasteiger partial charge in [0.2, 0.25) is 10.0 Å². The quantitative estimate of drug-likeness (QED) is 0.697. The standard InChI is InChI=1S/C11H24N2O3S2/c1-10(17(2)14)9-13-18(15,16)8-5-11-3-6-12-7-4-11/h10-13H,3-9H2,1-2H3. The predicted molar refractivity (Wildman–Crippen MR) is 75.5 cm³/mol. The van der Waals surface area contributed by atoms with Crippen molar-refractivity contribution in [2.75, 3.05) is 31.6 Å². The molecular weight excluding hydrogens is 272 g/mol. The highest BCUT2D eigenvalue weighted by molar-refractivity contribution is 7.89. The normalized spacial score (nSPS) is 21.7. The topological polar surface area (TPSA) is 75.3 Å². The smallest absolute Gasteiger partial charge is 0.211 e. The van der Waals surface area contributed by atoms with Crippen molar-refractivity contribution < 1.29 is 12.6 Å². The van der Waals surface area contributed by atoms with E-state index in [9.17, 15) is 12.6 Å². The highest BCUT2D eigenvalue weighted by atomic mass is 32.2. The zero-order valence-electron chi connectivity index (χ0n) is 11.1. The van der Waals surface area contributed by atoms with Gasteiger partial charge in [0.25, 0.3) is 0 Å². The van der Waals surface area contributed by atoms with Gasteiger partial charge in [-0.3, -0.25) is 4.21 Å². The van der Waals surface area contributed by atoms with Gasteiger partial charge in [-0.25, -0.2) is 13.1 Å². The average molecular weight is 296 g/mol. The first-order chi connectivity index (χ1) is 8.41. The van der Waals surface area contributed by atoms with Crippen LogP contribution in [0.1, 0.15) is 26.2 Å². The second-order valence-electron chi connectivity index (χ2n) is 4.96. The van der Waals surface area contributed by atoms with Gasteiger partial charge in [-0.2, -0.15) is 0 Å². The summed E-state index contributed by atoms with van der Waals surface area (Å²) < 4.78 is 37.2. The van der Waals surface area contributed by atoms with Crippen molar-refractivity contribution in [3.63, 3.8) is 0 Å². The predicted octanol–water partition coefficient (Wildman–Crippen LogP) is 0.0625. The fraction of sp³-hybridized carbons (Fsp3) is 1.00. The van der Waals surface area contributed by atoms with Crippen LogP contribution in [0, 0.1) is 5.92 Å². The first-order valence-electron chi connectivity index (χ1n) is 6.41. The van der Waals surface area contributed by atoms with Crippen LogP contribution in [0.4, 0.5) is 0 Å². The number of sulfonamides is 1. The molecule has 1 heterocycles. The van der Waals surface area contributed by atoms with Crippen LogP contribution in [0.25, 0.3) is 0 Å². The summed E-state index contributed by atoms with van der Waals surface area (Å²) in [5.41, 5.74) is 0. The van der Waals surface area contributed by atoms with Gasteiger partial charge >= 0.3 is 0 Å². The fourth-order valence-electron chi connectivity index (χ4n) is 1.93. The summed E-state index contributed by atoms with van der Waals surface area (Å²) in [6.45, 7) is 4.02. The maximum atomic E-state index is 11.8. The molecule has 2 atom stereocenters. The first kappa shape index (κ1) is 16.1. The van der Waals surface area contributed by atoms with Crippen LogP contribution in [-0.4, -0.2) is 49.5 Å². The Balaban J connectivity index is 2.28. The van der Waals surface area contributed by atoms with E-state index in [0.717, 1.165) is 32.4 Å². The van der Waals surface area contributed by atoms with Crippen LogP contribution in [0.5, 0.6) is 0 Å². The molecule has 0 bridgehead atoms. The third kappa shape index (κ3) is 6.26. The van der Waals surface area contributed by atoms with Crippen LogP contribution >= 0.6 is 0 Å². The van der Waals surface area contributed by atoms with Gasteiger partial charge in [0.05, 0.1) is 5.75 Å². The van der Waals surface area contributed by atoms with E-state index < -0.39 is 20.8 Å². The van der Waals surface area contributed by atoms with Crippen LogP contribution in [-0.2, 0) is 20.8 Å². The maximum Gasteiger partial charge on any atom is 0.211 e. The minimum Gasteiger partial charge on any atom is -0.317 e. The molecule has 1 aliphatic rings. The first-order valence-corrected chi connectivity index (χ1v) is 9.68. The van der Waals surface area contributed by atoms with Crippen LogP contribution in [0.15, 0.2) is 0 Å². The van der Waals surface area contributed by atoms with E-state index in [4.69, 9.17) is 0 Å². The molecule has 0 aromatic carbocycles. The summed E-state index contributed by atoms with van der Waals surface area (Å²) in [4.78, 5) is 0. The number of hydrogen-bond donors (Lipinski definition) is 2. The van der Waals surface area contributed by atoms with Crippen LogP contribution < -0.4 is 10.0 Å². The maximum absolute atomic E-state index is 11.8. The summed E-state index contributed by atoms with van der Waals surface area (Å²) in [6.07, 6.45) is 4.43. The Labute approximate surface area is 113 Å². The average Bonchev–Trinajstić information content (AvgIpc) is 2.35. The molecule has 5 nitrogen and oxygen atoms in total. The van der Waals surface area contributed by atoms with Crippen molar-refractivity contribution in [2.24, 2.45) is 5.92 Å². The summed E-state index contributed by atoms with van der Waals surface area (Å²) >= 11 is 0. The minimum atomic E-state index is -3.21. The van der Waals surface area contributed by atoms with Crippen LogP contribution in [0.3, 0.4) is 0 Å². The lowest BCUT2D eigenvalue weighted by atomic mass is 9.96. The Morgan fingerprint density at radius 3 is 2.56 bits per heavy atom. The fourth-order valence-corrected chi connectivity index (χ4v) is 3.64. The van der Waals surface area contributed by atoms with E-state index in [1.807, 2.05) is 0 Å². The molecule has 2 N–H and O–H groups in total. The van der Waals surface area contributed by atoms with Crippen molar-refractivity contribution in [2.45, 2.75) is 31.4 Å². The van der Waals surface area contributed by atoms with Crippen molar-refractivity contribution in [3.05, 3.63) is 0 Å². The van der Waals surface area contributed by atoms with Crippen molar-refractivity contribution in [3.8, 4) is 0 Å². The molecule has 0 saturated carbocycles. The molecule has 18 heavy (non-hydrogen) atoms. The van der Waals surface area contributed by atoms with E-state index in [2.05, 4.69) is 10.0 Å². The molecule has 0 amide bonds. The van der Waals surface area contributed by atoms with E-state index in [-0.39, 0.29) is 17.5 Å². The van der Waals surface area contributed by atoms with Crippen molar-refractivity contribution in [1.29, 1.82) is 0 Å². The summed E-state index contributed by atoms with van der Waals surface area (Å²) in [7, 11) is -4.20. The molecular formula is C11H24N2O3S2. The minimum absolute atomic E-state index is 0.140. The zero-order valence-corrected chi connectivity index (χ0v) is 12.8. The largest absolute Gasteiger partial charge is 0.317 e. The summed E-state index contributed by atoms with van der Waals surface area (Å²) in [6, 6.07) is 0. The Bertz CT molecular complexity index is 364. The van der Waals surface area contributed by atoms with E-state index in [1.54, 1.807) is 13.2 Å². The molecule has 1 aliphatic heterocycles. The van der Waals surface area contributed by atoms with Crippen molar-refractivity contribution >= 4 is 20.8 Å². The SMILES string of the molecule is CC(CNS(=O)(=O)CCC1CCNCC1)S(C)=O. The monoisotopic (exact) mass is 296 g/mol. The molecule has 0 aromatic rings. The molecule has 1 fully saturated rings. The van der Waals surface area contributed by atoms with Crippen LogP contribution in [0.2, 0.25) is 0 Å². The Kier molecular flexibility index (Phi) is 6.76. The van der Waals surface area contributed by atoms with Gasteiger partial charge in [-0.15, -0.1) is 0 Å². The molecule has 1 saturated heterocycles. The lowest BCUT2D eigenvalue weighted by Crippen LogP contribution is -2.35.